The Kier molecular flexibility index (Phi) is 5.17. The average molecular weight is 465 g/mol. The van der Waals surface area contributed by atoms with E-state index in [1.165, 1.54) is 24.3 Å². The Labute approximate surface area is 190 Å². The van der Waals surface area contributed by atoms with Crippen LogP contribution in [0.4, 0.5) is 15.8 Å². The summed E-state index contributed by atoms with van der Waals surface area (Å²) >= 11 is 0. The van der Waals surface area contributed by atoms with Crippen LogP contribution in [-0.2, 0) is 10.0 Å². The summed E-state index contributed by atoms with van der Waals surface area (Å²) in [4.78, 5) is 11.2. The van der Waals surface area contributed by atoms with E-state index >= 15 is 0 Å². The van der Waals surface area contributed by atoms with Gasteiger partial charge in [-0.2, -0.15) is 0 Å². The second-order valence-electron chi connectivity index (χ2n) is 8.24. The van der Waals surface area contributed by atoms with Crippen molar-refractivity contribution in [3.05, 3.63) is 101 Å². The summed E-state index contributed by atoms with van der Waals surface area (Å²) in [6, 6.07) is 17.3. The summed E-state index contributed by atoms with van der Waals surface area (Å²) in [7, 11) is -3.97. The van der Waals surface area contributed by atoms with Crippen LogP contribution in [0.5, 0.6) is 0 Å². The molecule has 0 spiro atoms. The Morgan fingerprint density at radius 1 is 1.06 bits per heavy atom. The van der Waals surface area contributed by atoms with Crippen molar-refractivity contribution in [1.82, 2.24) is 0 Å². The maximum atomic E-state index is 14.0. The molecule has 5 rings (SSSR count). The monoisotopic (exact) mass is 464 g/mol. The fourth-order valence-corrected chi connectivity index (χ4v) is 5.75. The normalized spacial score (nSPS) is 21.1. The SMILES string of the molecule is O=C(O)c1ccc([C@@H]2Nc3ccc(S(=O)(=O)Nc4ccccc4F)cc3[C@H]3C=CC[C@H]32)cc1. The first-order valence-electron chi connectivity index (χ1n) is 10.5. The summed E-state index contributed by atoms with van der Waals surface area (Å²) in [6.45, 7) is 0. The quantitative estimate of drug-likeness (QED) is 0.454. The Balaban J connectivity index is 1.47. The zero-order valence-electron chi connectivity index (χ0n) is 17.4. The largest absolute Gasteiger partial charge is 0.478 e. The van der Waals surface area contributed by atoms with Crippen LogP contribution < -0.4 is 10.0 Å². The molecule has 2 aliphatic rings. The predicted molar refractivity (Wildman–Crippen MR) is 123 cm³/mol. The van der Waals surface area contributed by atoms with Crippen LogP contribution in [-0.4, -0.2) is 19.5 Å². The van der Waals surface area contributed by atoms with E-state index in [1.807, 2.05) is 12.1 Å². The van der Waals surface area contributed by atoms with E-state index in [4.69, 9.17) is 5.11 Å². The molecule has 3 atom stereocenters. The highest BCUT2D eigenvalue weighted by molar-refractivity contribution is 7.92. The third kappa shape index (κ3) is 3.87. The summed E-state index contributed by atoms with van der Waals surface area (Å²) < 4.78 is 42.2. The van der Waals surface area contributed by atoms with Gasteiger partial charge in [0.15, 0.2) is 0 Å². The number of anilines is 2. The molecule has 0 radical (unpaired) electrons. The van der Waals surface area contributed by atoms with Crippen LogP contribution in [0.25, 0.3) is 0 Å². The lowest BCUT2D eigenvalue weighted by molar-refractivity contribution is 0.0697. The second kappa shape index (κ2) is 8.04. The highest BCUT2D eigenvalue weighted by atomic mass is 32.2. The first-order chi connectivity index (χ1) is 15.8. The number of nitrogens with one attached hydrogen (secondary N) is 2. The van der Waals surface area contributed by atoms with Gasteiger partial charge in [-0.25, -0.2) is 17.6 Å². The van der Waals surface area contributed by atoms with Crippen molar-refractivity contribution in [2.45, 2.75) is 23.3 Å². The molecule has 0 fully saturated rings. The van der Waals surface area contributed by atoms with E-state index in [2.05, 4.69) is 22.2 Å². The van der Waals surface area contributed by atoms with Gasteiger partial charge in [0, 0.05) is 11.6 Å². The number of aromatic carboxylic acids is 1. The van der Waals surface area contributed by atoms with Crippen LogP contribution in [0.1, 0.15) is 39.9 Å². The van der Waals surface area contributed by atoms with Gasteiger partial charge in [0.2, 0.25) is 0 Å². The van der Waals surface area contributed by atoms with Gasteiger partial charge in [-0.1, -0.05) is 36.4 Å². The summed E-state index contributed by atoms with van der Waals surface area (Å²) in [5.41, 5.74) is 2.79. The number of fused-ring (bicyclic) bond motifs is 3. The van der Waals surface area contributed by atoms with Gasteiger partial charge in [-0.05, 0) is 65.9 Å². The van der Waals surface area contributed by atoms with Gasteiger partial charge in [0.25, 0.3) is 10.0 Å². The zero-order valence-corrected chi connectivity index (χ0v) is 18.2. The molecule has 1 aliphatic heterocycles. The maximum absolute atomic E-state index is 14.0. The fraction of sp³-hybridized carbons (Fsp3) is 0.160. The van der Waals surface area contributed by atoms with Gasteiger partial charge < -0.3 is 10.4 Å². The lowest BCUT2D eigenvalue weighted by atomic mass is 9.77. The number of sulfonamides is 1. The van der Waals surface area contributed by atoms with E-state index in [0.29, 0.717) is 0 Å². The smallest absolute Gasteiger partial charge is 0.335 e. The zero-order chi connectivity index (χ0) is 23.2. The first-order valence-corrected chi connectivity index (χ1v) is 12.0. The van der Waals surface area contributed by atoms with E-state index in [0.717, 1.165) is 23.2 Å². The van der Waals surface area contributed by atoms with Crippen molar-refractivity contribution < 1.29 is 22.7 Å². The lowest BCUT2D eigenvalue weighted by Crippen LogP contribution is -2.29. The molecule has 0 saturated heterocycles. The predicted octanol–water partition coefficient (Wildman–Crippen LogP) is 5.15. The molecule has 3 N–H and O–H groups in total. The molecular weight excluding hydrogens is 443 g/mol. The molecule has 3 aromatic carbocycles. The molecule has 0 unspecified atom stereocenters. The molecule has 0 aromatic heterocycles. The third-order valence-electron chi connectivity index (χ3n) is 6.28. The van der Waals surface area contributed by atoms with E-state index in [-0.39, 0.29) is 34.0 Å². The topological polar surface area (TPSA) is 95.5 Å². The number of halogens is 1. The molecule has 6 nitrogen and oxygen atoms in total. The van der Waals surface area contributed by atoms with Crippen LogP contribution in [0, 0.1) is 11.7 Å². The maximum Gasteiger partial charge on any atom is 0.335 e. The summed E-state index contributed by atoms with van der Waals surface area (Å²) in [5.74, 6) is -1.45. The number of carboxylic acids is 1. The molecule has 0 bridgehead atoms. The molecule has 0 amide bonds. The van der Waals surface area contributed by atoms with Crippen molar-refractivity contribution in [2.24, 2.45) is 5.92 Å². The minimum absolute atomic E-state index is 0.00834. The molecule has 33 heavy (non-hydrogen) atoms. The molecule has 8 heteroatoms. The minimum Gasteiger partial charge on any atom is -0.478 e. The highest BCUT2D eigenvalue weighted by Crippen LogP contribution is 2.50. The second-order valence-corrected chi connectivity index (χ2v) is 9.92. The van der Waals surface area contributed by atoms with E-state index < -0.39 is 21.8 Å². The number of hydrogen-bond donors (Lipinski definition) is 3. The Bertz CT molecular complexity index is 1370. The summed E-state index contributed by atoms with van der Waals surface area (Å²) in [6.07, 6.45) is 4.99. The molecule has 168 valence electrons. The molecule has 1 aliphatic carbocycles. The number of rotatable bonds is 5. The summed E-state index contributed by atoms with van der Waals surface area (Å²) in [5, 5.41) is 12.7. The molecular formula is C25H21FN2O4S. The molecule has 1 heterocycles. The molecule has 0 saturated carbocycles. The standard InChI is InChI=1S/C25H21FN2O4S/c26-21-6-1-2-7-23(21)28-33(31,32)17-12-13-22-20(14-17)18-4-3-5-19(18)24(27-22)15-8-10-16(11-9-15)25(29)30/h1-4,6-14,18-19,24,27-28H,5H2,(H,29,30)/t18-,19+,24-/m0/s1. The van der Waals surface area contributed by atoms with E-state index in [9.17, 15) is 17.6 Å². The van der Waals surface area contributed by atoms with Crippen molar-refractivity contribution in [3.8, 4) is 0 Å². The highest BCUT2D eigenvalue weighted by Gasteiger charge is 2.38. The average Bonchev–Trinajstić information content (AvgIpc) is 3.30. The van der Waals surface area contributed by atoms with Crippen molar-refractivity contribution in [3.63, 3.8) is 0 Å². The number of para-hydroxylation sites is 1. The number of allylic oxidation sites excluding steroid dienone is 2. The van der Waals surface area contributed by atoms with Crippen LogP contribution >= 0.6 is 0 Å². The fourth-order valence-electron chi connectivity index (χ4n) is 4.65. The van der Waals surface area contributed by atoms with Crippen LogP contribution in [0.3, 0.4) is 0 Å². The Morgan fingerprint density at radius 3 is 2.55 bits per heavy atom. The van der Waals surface area contributed by atoms with Crippen LogP contribution in [0.2, 0.25) is 0 Å². The van der Waals surface area contributed by atoms with Gasteiger partial charge >= 0.3 is 5.97 Å². The van der Waals surface area contributed by atoms with Gasteiger partial charge in [0.05, 0.1) is 22.2 Å². The number of hydrogen-bond acceptors (Lipinski definition) is 4. The van der Waals surface area contributed by atoms with Gasteiger partial charge in [0.1, 0.15) is 5.82 Å². The van der Waals surface area contributed by atoms with Crippen molar-refractivity contribution in [1.29, 1.82) is 0 Å². The van der Waals surface area contributed by atoms with Crippen molar-refractivity contribution >= 4 is 27.4 Å². The van der Waals surface area contributed by atoms with E-state index in [1.54, 1.807) is 30.3 Å². The minimum atomic E-state index is -3.97. The first kappa shape index (κ1) is 21.2. The number of benzene rings is 3. The van der Waals surface area contributed by atoms with Crippen LogP contribution in [0.15, 0.2) is 83.8 Å². The van der Waals surface area contributed by atoms with Gasteiger partial charge in [-0.3, -0.25) is 4.72 Å². The Hall–Kier alpha value is -3.65. The van der Waals surface area contributed by atoms with Crippen molar-refractivity contribution in [2.75, 3.05) is 10.0 Å². The van der Waals surface area contributed by atoms with Gasteiger partial charge in [-0.15, -0.1) is 0 Å². The lowest BCUT2D eigenvalue weighted by Gasteiger charge is -2.37. The Morgan fingerprint density at radius 2 is 1.82 bits per heavy atom. The number of carbonyl (C=O) groups is 1. The third-order valence-corrected chi connectivity index (χ3v) is 7.64. The molecule has 3 aromatic rings. The number of carboxylic acid groups (broad SMARTS) is 1.